The molecule has 98 valence electrons. The lowest BCUT2D eigenvalue weighted by atomic mass is 10.3. The van der Waals surface area contributed by atoms with Gasteiger partial charge in [0.1, 0.15) is 0 Å². The van der Waals surface area contributed by atoms with Gasteiger partial charge >= 0.3 is 0 Å². The van der Waals surface area contributed by atoms with E-state index in [0.717, 1.165) is 51.4 Å². The first-order chi connectivity index (χ1) is 8.27. The van der Waals surface area contributed by atoms with Crippen molar-refractivity contribution in [2.45, 2.75) is 46.7 Å². The summed E-state index contributed by atoms with van der Waals surface area (Å²) in [5.41, 5.74) is 2.36. The van der Waals surface area contributed by atoms with Crippen molar-refractivity contribution in [2.24, 2.45) is 0 Å². The first-order valence-corrected chi connectivity index (χ1v) is 6.59. The van der Waals surface area contributed by atoms with Gasteiger partial charge in [-0.25, -0.2) is 0 Å². The molecule has 4 heteroatoms. The largest absolute Gasteiger partial charge is 0.381 e. The van der Waals surface area contributed by atoms with Gasteiger partial charge in [-0.3, -0.25) is 4.68 Å². The molecule has 4 nitrogen and oxygen atoms in total. The molecule has 0 bridgehead atoms. The number of rotatable bonds is 9. The van der Waals surface area contributed by atoms with Crippen LogP contribution in [0.3, 0.4) is 0 Å². The van der Waals surface area contributed by atoms with Crippen LogP contribution in [0.15, 0.2) is 6.07 Å². The van der Waals surface area contributed by atoms with Gasteiger partial charge in [-0.05, 0) is 39.3 Å². The maximum atomic E-state index is 5.43. The van der Waals surface area contributed by atoms with Gasteiger partial charge in [0.05, 0.1) is 11.4 Å². The number of ether oxygens (including phenoxy) is 1. The SMILES string of the molecule is CCCOCCCNCc1cc(C)nn1CC. The summed E-state index contributed by atoms with van der Waals surface area (Å²) in [4.78, 5) is 0. The van der Waals surface area contributed by atoms with E-state index < -0.39 is 0 Å². The van der Waals surface area contributed by atoms with Crippen molar-refractivity contribution in [1.82, 2.24) is 15.1 Å². The molecule has 1 rings (SSSR count). The summed E-state index contributed by atoms with van der Waals surface area (Å²) in [5.74, 6) is 0. The quantitative estimate of drug-likeness (QED) is 0.671. The lowest BCUT2D eigenvalue weighted by molar-refractivity contribution is 0.132. The maximum absolute atomic E-state index is 5.43. The number of hydrogen-bond donors (Lipinski definition) is 1. The molecular formula is C13H25N3O. The molecule has 0 aliphatic carbocycles. The van der Waals surface area contributed by atoms with E-state index in [-0.39, 0.29) is 0 Å². The molecule has 17 heavy (non-hydrogen) atoms. The Morgan fingerprint density at radius 2 is 2.18 bits per heavy atom. The second-order valence-corrected chi connectivity index (χ2v) is 4.24. The average Bonchev–Trinajstić information content (AvgIpc) is 2.68. The Labute approximate surface area is 104 Å². The van der Waals surface area contributed by atoms with E-state index in [9.17, 15) is 0 Å². The lowest BCUT2D eigenvalue weighted by Gasteiger charge is -2.07. The highest BCUT2D eigenvalue weighted by Gasteiger charge is 2.02. The van der Waals surface area contributed by atoms with Crippen molar-refractivity contribution < 1.29 is 4.74 Å². The summed E-state index contributed by atoms with van der Waals surface area (Å²) in [6.45, 7) is 10.8. The third-order valence-corrected chi connectivity index (χ3v) is 2.58. The highest BCUT2D eigenvalue weighted by molar-refractivity contribution is 5.08. The summed E-state index contributed by atoms with van der Waals surface area (Å²) in [6, 6.07) is 2.14. The number of nitrogens with zero attached hydrogens (tertiary/aromatic N) is 2. The lowest BCUT2D eigenvalue weighted by Crippen LogP contribution is -2.19. The van der Waals surface area contributed by atoms with Gasteiger partial charge in [-0.1, -0.05) is 6.92 Å². The molecule has 0 radical (unpaired) electrons. The van der Waals surface area contributed by atoms with Gasteiger partial charge < -0.3 is 10.1 Å². The second-order valence-electron chi connectivity index (χ2n) is 4.24. The van der Waals surface area contributed by atoms with E-state index in [0.29, 0.717) is 0 Å². The molecule has 0 unspecified atom stereocenters. The molecule has 0 atom stereocenters. The molecule has 0 amide bonds. The van der Waals surface area contributed by atoms with Crippen LogP contribution in [0.5, 0.6) is 0 Å². The summed E-state index contributed by atoms with van der Waals surface area (Å²) < 4.78 is 7.48. The standard InChI is InChI=1S/C13H25N3O/c1-4-8-17-9-6-7-14-11-13-10-12(3)15-16(13)5-2/h10,14H,4-9,11H2,1-3H3. The van der Waals surface area contributed by atoms with Gasteiger partial charge in [0, 0.05) is 26.3 Å². The molecule has 0 fully saturated rings. The Bertz CT molecular complexity index is 310. The smallest absolute Gasteiger partial charge is 0.0597 e. The van der Waals surface area contributed by atoms with E-state index in [2.05, 4.69) is 35.0 Å². The fourth-order valence-electron chi connectivity index (χ4n) is 1.78. The molecule has 0 saturated heterocycles. The Kier molecular flexibility index (Phi) is 6.89. The van der Waals surface area contributed by atoms with Crippen LogP contribution in [0.1, 0.15) is 38.1 Å². The molecule has 0 saturated carbocycles. The molecular weight excluding hydrogens is 214 g/mol. The van der Waals surface area contributed by atoms with Crippen LogP contribution in [0, 0.1) is 6.92 Å². The Morgan fingerprint density at radius 1 is 1.35 bits per heavy atom. The molecule has 1 heterocycles. The predicted molar refractivity (Wildman–Crippen MR) is 70.1 cm³/mol. The summed E-state index contributed by atoms with van der Waals surface area (Å²) in [7, 11) is 0. The number of nitrogens with one attached hydrogen (secondary N) is 1. The second kappa shape index (κ2) is 8.25. The average molecular weight is 239 g/mol. The van der Waals surface area contributed by atoms with Gasteiger partial charge in [0.15, 0.2) is 0 Å². The number of hydrogen-bond acceptors (Lipinski definition) is 3. The molecule has 1 aromatic heterocycles. The summed E-state index contributed by atoms with van der Waals surface area (Å²) in [6.07, 6.45) is 2.17. The Morgan fingerprint density at radius 3 is 2.88 bits per heavy atom. The minimum absolute atomic E-state index is 0.854. The van der Waals surface area contributed by atoms with Crippen LogP contribution in [-0.4, -0.2) is 29.5 Å². The monoisotopic (exact) mass is 239 g/mol. The zero-order valence-corrected chi connectivity index (χ0v) is 11.3. The third-order valence-electron chi connectivity index (χ3n) is 2.58. The first kappa shape index (κ1) is 14.2. The van der Waals surface area contributed by atoms with Crippen molar-refractivity contribution >= 4 is 0 Å². The molecule has 1 aromatic rings. The van der Waals surface area contributed by atoms with Crippen LogP contribution in [-0.2, 0) is 17.8 Å². The van der Waals surface area contributed by atoms with Gasteiger partial charge in [0.25, 0.3) is 0 Å². The molecule has 0 aromatic carbocycles. The van der Waals surface area contributed by atoms with Crippen LogP contribution in [0.2, 0.25) is 0 Å². The first-order valence-electron chi connectivity index (χ1n) is 6.59. The zero-order chi connectivity index (χ0) is 12.5. The van der Waals surface area contributed by atoms with Crippen molar-refractivity contribution in [1.29, 1.82) is 0 Å². The van der Waals surface area contributed by atoms with Gasteiger partial charge in [-0.2, -0.15) is 5.10 Å². The summed E-state index contributed by atoms with van der Waals surface area (Å²) in [5, 5.41) is 7.85. The molecule has 0 aliphatic heterocycles. The number of aryl methyl sites for hydroxylation is 2. The van der Waals surface area contributed by atoms with E-state index in [1.165, 1.54) is 5.69 Å². The number of aromatic nitrogens is 2. The van der Waals surface area contributed by atoms with Crippen LogP contribution >= 0.6 is 0 Å². The third kappa shape index (κ3) is 5.33. The molecule has 0 aliphatic rings. The van der Waals surface area contributed by atoms with E-state index in [1.807, 2.05) is 6.92 Å². The molecule has 1 N–H and O–H groups in total. The maximum Gasteiger partial charge on any atom is 0.0597 e. The van der Waals surface area contributed by atoms with Crippen LogP contribution < -0.4 is 5.32 Å². The van der Waals surface area contributed by atoms with E-state index in [1.54, 1.807) is 0 Å². The highest BCUT2D eigenvalue weighted by Crippen LogP contribution is 2.03. The normalized spacial score (nSPS) is 11.0. The van der Waals surface area contributed by atoms with E-state index in [4.69, 9.17) is 4.74 Å². The predicted octanol–water partition coefficient (Wildman–Crippen LogP) is 2.12. The van der Waals surface area contributed by atoms with Crippen molar-refractivity contribution in [2.75, 3.05) is 19.8 Å². The highest BCUT2D eigenvalue weighted by atomic mass is 16.5. The van der Waals surface area contributed by atoms with Crippen LogP contribution in [0.4, 0.5) is 0 Å². The van der Waals surface area contributed by atoms with E-state index >= 15 is 0 Å². The van der Waals surface area contributed by atoms with Crippen LogP contribution in [0.25, 0.3) is 0 Å². The molecule has 0 spiro atoms. The minimum Gasteiger partial charge on any atom is -0.381 e. The fourth-order valence-corrected chi connectivity index (χ4v) is 1.78. The summed E-state index contributed by atoms with van der Waals surface area (Å²) >= 11 is 0. The topological polar surface area (TPSA) is 39.1 Å². The zero-order valence-electron chi connectivity index (χ0n) is 11.3. The van der Waals surface area contributed by atoms with Gasteiger partial charge in [-0.15, -0.1) is 0 Å². The van der Waals surface area contributed by atoms with Crippen molar-refractivity contribution in [3.05, 3.63) is 17.5 Å². The Hall–Kier alpha value is -0.870. The van der Waals surface area contributed by atoms with Crippen molar-refractivity contribution in [3.8, 4) is 0 Å². The minimum atomic E-state index is 0.854. The van der Waals surface area contributed by atoms with Crippen molar-refractivity contribution in [3.63, 3.8) is 0 Å². The van der Waals surface area contributed by atoms with Gasteiger partial charge in [0.2, 0.25) is 0 Å². The fraction of sp³-hybridized carbons (Fsp3) is 0.769. The Balaban J connectivity index is 2.13.